The van der Waals surface area contributed by atoms with E-state index in [0.29, 0.717) is 17.5 Å². The molecule has 0 spiro atoms. The van der Waals surface area contributed by atoms with Gasteiger partial charge in [-0.1, -0.05) is 13.8 Å². The molecule has 0 saturated carbocycles. The summed E-state index contributed by atoms with van der Waals surface area (Å²) in [6.07, 6.45) is 0. The van der Waals surface area contributed by atoms with Crippen molar-refractivity contribution in [2.45, 2.75) is 46.2 Å². The van der Waals surface area contributed by atoms with Gasteiger partial charge in [0.1, 0.15) is 0 Å². The van der Waals surface area contributed by atoms with Gasteiger partial charge in [0, 0.05) is 24.7 Å². The number of likely N-dealkylation sites (tertiary alicyclic amines) is 1. The van der Waals surface area contributed by atoms with Gasteiger partial charge >= 0.3 is 0 Å². The molecule has 1 unspecified atom stereocenters. The molecule has 0 radical (unpaired) electrons. The molecular weight excluding hydrogens is 160 g/mol. The maximum Gasteiger partial charge on any atom is 0.0125 e. The molecule has 0 aromatic heterocycles. The first kappa shape index (κ1) is 11.0. The van der Waals surface area contributed by atoms with Crippen LogP contribution in [0.5, 0.6) is 0 Å². The van der Waals surface area contributed by atoms with Gasteiger partial charge in [0.05, 0.1) is 0 Å². The SMILES string of the molecule is CC(C)C(N)C1CN(C(C)(C)C)C1. The van der Waals surface area contributed by atoms with Crippen LogP contribution in [0.4, 0.5) is 0 Å². The molecule has 2 N–H and O–H groups in total. The third-order valence-electron chi connectivity index (χ3n) is 3.17. The number of nitrogens with zero attached hydrogens (tertiary/aromatic N) is 1. The molecule has 0 bridgehead atoms. The highest BCUT2D eigenvalue weighted by Gasteiger charge is 2.37. The van der Waals surface area contributed by atoms with E-state index in [1.807, 2.05) is 0 Å². The third kappa shape index (κ3) is 2.44. The number of hydrogen-bond acceptors (Lipinski definition) is 2. The molecule has 13 heavy (non-hydrogen) atoms. The van der Waals surface area contributed by atoms with Crippen molar-refractivity contribution < 1.29 is 0 Å². The lowest BCUT2D eigenvalue weighted by Crippen LogP contribution is -2.61. The fourth-order valence-electron chi connectivity index (χ4n) is 1.85. The second-order valence-electron chi connectivity index (χ2n) is 5.66. The van der Waals surface area contributed by atoms with E-state index in [9.17, 15) is 0 Å². The average Bonchev–Trinajstić information content (AvgIpc) is 1.79. The van der Waals surface area contributed by atoms with Crippen LogP contribution in [0.1, 0.15) is 34.6 Å². The highest BCUT2D eigenvalue weighted by atomic mass is 15.2. The van der Waals surface area contributed by atoms with Crippen molar-refractivity contribution in [2.24, 2.45) is 17.6 Å². The minimum absolute atomic E-state index is 0.327. The summed E-state index contributed by atoms with van der Waals surface area (Å²) in [5.74, 6) is 1.34. The van der Waals surface area contributed by atoms with Crippen LogP contribution in [-0.4, -0.2) is 29.6 Å². The van der Waals surface area contributed by atoms with Crippen LogP contribution in [0.3, 0.4) is 0 Å². The van der Waals surface area contributed by atoms with Crippen LogP contribution in [0, 0.1) is 11.8 Å². The van der Waals surface area contributed by atoms with Gasteiger partial charge < -0.3 is 5.73 Å². The highest BCUT2D eigenvalue weighted by Crippen LogP contribution is 2.28. The minimum Gasteiger partial charge on any atom is -0.327 e. The monoisotopic (exact) mass is 184 g/mol. The van der Waals surface area contributed by atoms with Gasteiger partial charge in [-0.05, 0) is 32.6 Å². The zero-order valence-electron chi connectivity index (χ0n) is 9.67. The standard InChI is InChI=1S/C11H24N2/c1-8(2)10(12)9-6-13(7-9)11(3,4)5/h8-10H,6-7,12H2,1-5H3. The molecule has 1 heterocycles. The molecule has 2 nitrogen and oxygen atoms in total. The van der Waals surface area contributed by atoms with Crippen LogP contribution in [0.25, 0.3) is 0 Å². The van der Waals surface area contributed by atoms with E-state index >= 15 is 0 Å². The first-order chi connectivity index (χ1) is 5.82. The summed E-state index contributed by atoms with van der Waals surface area (Å²) in [4.78, 5) is 2.50. The smallest absolute Gasteiger partial charge is 0.0125 e. The third-order valence-corrected chi connectivity index (χ3v) is 3.17. The molecular formula is C11H24N2. The van der Waals surface area contributed by atoms with Crippen molar-refractivity contribution in [3.05, 3.63) is 0 Å². The molecule has 1 rings (SSSR count). The van der Waals surface area contributed by atoms with E-state index in [1.54, 1.807) is 0 Å². The summed E-state index contributed by atoms with van der Waals surface area (Å²) < 4.78 is 0. The summed E-state index contributed by atoms with van der Waals surface area (Å²) in [6.45, 7) is 13.6. The molecule has 1 aliphatic rings. The maximum atomic E-state index is 6.10. The lowest BCUT2D eigenvalue weighted by molar-refractivity contribution is -0.00367. The molecule has 1 aliphatic heterocycles. The molecule has 1 fully saturated rings. The summed E-state index contributed by atoms with van der Waals surface area (Å²) in [6, 6.07) is 0.388. The molecule has 0 aromatic rings. The number of hydrogen-bond donors (Lipinski definition) is 1. The summed E-state index contributed by atoms with van der Waals surface area (Å²) in [5, 5.41) is 0. The second kappa shape index (κ2) is 3.58. The number of rotatable bonds is 2. The van der Waals surface area contributed by atoms with Crippen LogP contribution < -0.4 is 5.73 Å². The Morgan fingerprint density at radius 1 is 1.23 bits per heavy atom. The second-order valence-corrected chi connectivity index (χ2v) is 5.66. The van der Waals surface area contributed by atoms with Crippen molar-refractivity contribution in [2.75, 3.05) is 13.1 Å². The van der Waals surface area contributed by atoms with Crippen LogP contribution in [-0.2, 0) is 0 Å². The fourth-order valence-corrected chi connectivity index (χ4v) is 1.85. The molecule has 0 aromatic carbocycles. The first-order valence-electron chi connectivity index (χ1n) is 5.33. The lowest BCUT2D eigenvalue weighted by atomic mass is 9.83. The van der Waals surface area contributed by atoms with Crippen molar-refractivity contribution in [3.8, 4) is 0 Å². The van der Waals surface area contributed by atoms with Gasteiger partial charge in [-0.2, -0.15) is 0 Å². The molecule has 2 heteroatoms. The average molecular weight is 184 g/mol. The Kier molecular flexibility index (Phi) is 3.03. The predicted octanol–water partition coefficient (Wildman–Crippen LogP) is 1.70. The van der Waals surface area contributed by atoms with Gasteiger partial charge in [0.15, 0.2) is 0 Å². The van der Waals surface area contributed by atoms with Gasteiger partial charge in [0.2, 0.25) is 0 Å². The van der Waals surface area contributed by atoms with Crippen molar-refractivity contribution >= 4 is 0 Å². The topological polar surface area (TPSA) is 29.3 Å². The Morgan fingerprint density at radius 3 is 2.00 bits per heavy atom. The van der Waals surface area contributed by atoms with E-state index in [4.69, 9.17) is 5.73 Å². The Balaban J connectivity index is 2.33. The molecule has 0 aliphatic carbocycles. The van der Waals surface area contributed by atoms with Gasteiger partial charge in [0.25, 0.3) is 0 Å². The summed E-state index contributed by atoms with van der Waals surface area (Å²) >= 11 is 0. The first-order valence-corrected chi connectivity index (χ1v) is 5.33. The normalized spacial score (nSPS) is 23.3. The fraction of sp³-hybridized carbons (Fsp3) is 1.00. The predicted molar refractivity (Wildman–Crippen MR) is 57.6 cm³/mol. The Labute approximate surface area is 82.5 Å². The molecule has 78 valence electrons. The zero-order chi connectivity index (χ0) is 10.2. The molecule has 1 atom stereocenters. The summed E-state index contributed by atoms with van der Waals surface area (Å²) in [5.41, 5.74) is 6.43. The maximum absolute atomic E-state index is 6.10. The van der Waals surface area contributed by atoms with Crippen molar-refractivity contribution in [1.29, 1.82) is 0 Å². The zero-order valence-corrected chi connectivity index (χ0v) is 9.67. The van der Waals surface area contributed by atoms with E-state index in [-0.39, 0.29) is 0 Å². The quantitative estimate of drug-likeness (QED) is 0.708. The lowest BCUT2D eigenvalue weighted by Gasteiger charge is -2.50. The Morgan fingerprint density at radius 2 is 1.69 bits per heavy atom. The van der Waals surface area contributed by atoms with E-state index < -0.39 is 0 Å². The minimum atomic E-state index is 0.327. The van der Waals surface area contributed by atoms with Crippen LogP contribution in [0.15, 0.2) is 0 Å². The van der Waals surface area contributed by atoms with Gasteiger partial charge in [-0.3, -0.25) is 4.90 Å². The van der Waals surface area contributed by atoms with Crippen molar-refractivity contribution in [3.63, 3.8) is 0 Å². The van der Waals surface area contributed by atoms with Gasteiger partial charge in [-0.15, -0.1) is 0 Å². The van der Waals surface area contributed by atoms with Crippen LogP contribution in [0.2, 0.25) is 0 Å². The van der Waals surface area contributed by atoms with Crippen LogP contribution >= 0.6 is 0 Å². The number of nitrogens with two attached hydrogens (primary N) is 1. The van der Waals surface area contributed by atoms with Crippen molar-refractivity contribution in [1.82, 2.24) is 4.90 Å². The highest BCUT2D eigenvalue weighted by molar-refractivity contribution is 4.93. The molecule has 1 saturated heterocycles. The van der Waals surface area contributed by atoms with E-state index in [0.717, 1.165) is 5.92 Å². The summed E-state index contributed by atoms with van der Waals surface area (Å²) in [7, 11) is 0. The molecule has 0 amide bonds. The van der Waals surface area contributed by atoms with E-state index in [1.165, 1.54) is 13.1 Å². The van der Waals surface area contributed by atoms with Gasteiger partial charge in [-0.25, -0.2) is 0 Å². The Bertz CT molecular complexity index is 163. The van der Waals surface area contributed by atoms with E-state index in [2.05, 4.69) is 39.5 Å². The Hall–Kier alpha value is -0.0800. The largest absolute Gasteiger partial charge is 0.327 e.